The molecule has 0 aromatic heterocycles. The molecule has 8 heteroatoms. The second-order valence-electron chi connectivity index (χ2n) is 5.31. The average Bonchev–Trinajstić information content (AvgIpc) is 3.13. The van der Waals surface area contributed by atoms with Crippen molar-refractivity contribution in [2.24, 2.45) is 0 Å². The third-order valence-electron chi connectivity index (χ3n) is 3.45. The van der Waals surface area contributed by atoms with Crippen LogP contribution in [0.5, 0.6) is 0 Å². The molecule has 1 saturated heterocycles. The van der Waals surface area contributed by atoms with Gasteiger partial charge in [0.05, 0.1) is 12.7 Å². The van der Waals surface area contributed by atoms with Crippen LogP contribution in [-0.4, -0.2) is 32.7 Å². The number of unbranched alkanes of at least 4 members (excludes halogenated alkanes) is 6. The number of alkyl halides is 3. The third kappa shape index (κ3) is 6.97. The molecule has 0 bridgehead atoms. The molecule has 4 nitrogen and oxygen atoms in total. The molecular weight excluding hydrogens is 309 g/mol. The molecule has 0 spiro atoms. The van der Waals surface area contributed by atoms with E-state index in [1.807, 2.05) is 0 Å². The van der Waals surface area contributed by atoms with Crippen molar-refractivity contribution in [2.75, 3.05) is 6.61 Å². The standard InChI is InChI=1S/C13H23F3O4S/c1-2-3-4-5-6-7-8-9-11-12(20-11)10-19-21(17,18)13(14,15)16/h11-12H,2-10H2,1H3/t11-,12+/m1/s1. The molecule has 2 atom stereocenters. The molecule has 1 aliphatic rings. The van der Waals surface area contributed by atoms with E-state index >= 15 is 0 Å². The number of hydrogen-bond acceptors (Lipinski definition) is 4. The number of rotatable bonds is 11. The summed E-state index contributed by atoms with van der Waals surface area (Å²) in [5, 5.41) is 0. The predicted octanol–water partition coefficient (Wildman–Crippen LogP) is 3.76. The minimum Gasteiger partial charge on any atom is -0.367 e. The zero-order valence-corrected chi connectivity index (χ0v) is 13.0. The number of hydrogen-bond donors (Lipinski definition) is 0. The highest BCUT2D eigenvalue weighted by Gasteiger charge is 2.49. The van der Waals surface area contributed by atoms with E-state index in [0.717, 1.165) is 25.7 Å². The Kier molecular flexibility index (Phi) is 7.42. The van der Waals surface area contributed by atoms with Gasteiger partial charge in [0, 0.05) is 0 Å². The highest BCUT2D eigenvalue weighted by atomic mass is 32.2. The number of halogens is 3. The molecule has 0 aliphatic carbocycles. The van der Waals surface area contributed by atoms with Crippen LogP contribution in [0.4, 0.5) is 13.2 Å². The fraction of sp³-hybridized carbons (Fsp3) is 1.00. The van der Waals surface area contributed by atoms with Crippen LogP contribution in [0.25, 0.3) is 0 Å². The van der Waals surface area contributed by atoms with E-state index in [0.29, 0.717) is 0 Å². The lowest BCUT2D eigenvalue weighted by Crippen LogP contribution is -2.27. The van der Waals surface area contributed by atoms with Gasteiger partial charge < -0.3 is 4.74 Å². The second kappa shape index (κ2) is 8.33. The van der Waals surface area contributed by atoms with Crippen LogP contribution in [-0.2, 0) is 19.0 Å². The van der Waals surface area contributed by atoms with Gasteiger partial charge in [0.25, 0.3) is 0 Å². The third-order valence-corrected chi connectivity index (χ3v) is 4.46. The maximum Gasteiger partial charge on any atom is 0.523 e. The van der Waals surface area contributed by atoms with E-state index in [1.165, 1.54) is 25.7 Å². The maximum atomic E-state index is 12.0. The molecule has 0 saturated carbocycles. The van der Waals surface area contributed by atoms with Gasteiger partial charge in [-0.15, -0.1) is 0 Å². The first-order chi connectivity index (χ1) is 9.78. The van der Waals surface area contributed by atoms with Crippen molar-refractivity contribution in [3.05, 3.63) is 0 Å². The molecule has 0 aromatic rings. The lowest BCUT2D eigenvalue weighted by molar-refractivity contribution is -0.0544. The Balaban J connectivity index is 2.03. The number of epoxide rings is 1. The molecule has 0 radical (unpaired) electrons. The molecule has 0 unspecified atom stereocenters. The summed E-state index contributed by atoms with van der Waals surface area (Å²) in [6, 6.07) is 0. The van der Waals surface area contributed by atoms with Gasteiger partial charge in [-0.3, -0.25) is 4.18 Å². The summed E-state index contributed by atoms with van der Waals surface area (Å²) in [6.45, 7) is 1.61. The van der Waals surface area contributed by atoms with Gasteiger partial charge in [0.2, 0.25) is 0 Å². The van der Waals surface area contributed by atoms with Crippen LogP contribution in [0.15, 0.2) is 0 Å². The first-order valence-corrected chi connectivity index (χ1v) is 8.80. The molecule has 0 aromatic carbocycles. The lowest BCUT2D eigenvalue weighted by Gasteiger charge is -2.06. The lowest BCUT2D eigenvalue weighted by atomic mass is 10.1. The van der Waals surface area contributed by atoms with Gasteiger partial charge in [0.1, 0.15) is 6.10 Å². The first-order valence-electron chi connectivity index (χ1n) is 7.39. The molecule has 1 aliphatic heterocycles. The van der Waals surface area contributed by atoms with Crippen molar-refractivity contribution < 1.29 is 30.5 Å². The van der Waals surface area contributed by atoms with E-state index in [-0.39, 0.29) is 6.10 Å². The molecule has 0 amide bonds. The van der Waals surface area contributed by atoms with Crippen molar-refractivity contribution in [1.82, 2.24) is 0 Å². The van der Waals surface area contributed by atoms with Crippen molar-refractivity contribution in [1.29, 1.82) is 0 Å². The smallest absolute Gasteiger partial charge is 0.367 e. The molecular formula is C13H23F3O4S. The van der Waals surface area contributed by atoms with Gasteiger partial charge in [-0.2, -0.15) is 21.6 Å². The van der Waals surface area contributed by atoms with E-state index in [4.69, 9.17) is 4.74 Å². The number of ether oxygens (including phenoxy) is 1. The SMILES string of the molecule is CCCCCCCCC[C@H]1O[C@H]1COS(=O)(=O)C(F)(F)F. The Hall–Kier alpha value is -0.340. The average molecular weight is 332 g/mol. The monoisotopic (exact) mass is 332 g/mol. The van der Waals surface area contributed by atoms with Gasteiger partial charge in [-0.1, -0.05) is 51.9 Å². The van der Waals surface area contributed by atoms with Gasteiger partial charge in [-0.25, -0.2) is 0 Å². The van der Waals surface area contributed by atoms with Crippen LogP contribution in [0.2, 0.25) is 0 Å². The van der Waals surface area contributed by atoms with E-state index < -0.39 is 28.3 Å². The fourth-order valence-electron chi connectivity index (χ4n) is 2.11. The van der Waals surface area contributed by atoms with Crippen LogP contribution in [0.3, 0.4) is 0 Å². The molecule has 126 valence electrons. The van der Waals surface area contributed by atoms with E-state index in [2.05, 4.69) is 11.1 Å². The van der Waals surface area contributed by atoms with Crippen LogP contribution < -0.4 is 0 Å². The van der Waals surface area contributed by atoms with Gasteiger partial charge >= 0.3 is 15.6 Å². The summed E-state index contributed by atoms with van der Waals surface area (Å²) < 4.78 is 66.5. The molecule has 21 heavy (non-hydrogen) atoms. The largest absolute Gasteiger partial charge is 0.523 e. The quantitative estimate of drug-likeness (QED) is 0.250. The topological polar surface area (TPSA) is 55.9 Å². The van der Waals surface area contributed by atoms with Crippen molar-refractivity contribution in [3.63, 3.8) is 0 Å². The van der Waals surface area contributed by atoms with Gasteiger partial charge in [-0.05, 0) is 6.42 Å². The Labute approximate surface area is 124 Å². The van der Waals surface area contributed by atoms with Crippen LogP contribution in [0.1, 0.15) is 58.3 Å². The molecule has 1 rings (SSSR count). The van der Waals surface area contributed by atoms with Crippen LogP contribution >= 0.6 is 0 Å². The summed E-state index contributed by atoms with van der Waals surface area (Å²) in [4.78, 5) is 0. The normalized spacial score (nSPS) is 22.5. The zero-order chi connectivity index (χ0) is 15.9. The van der Waals surface area contributed by atoms with Crippen molar-refractivity contribution >= 4 is 10.1 Å². The summed E-state index contributed by atoms with van der Waals surface area (Å²) >= 11 is 0. The summed E-state index contributed by atoms with van der Waals surface area (Å²) in [5.74, 6) is 0. The van der Waals surface area contributed by atoms with E-state index in [9.17, 15) is 21.6 Å². The van der Waals surface area contributed by atoms with Crippen molar-refractivity contribution in [3.8, 4) is 0 Å². The first kappa shape index (κ1) is 18.7. The fourth-order valence-corrected chi connectivity index (χ4v) is 2.55. The minimum absolute atomic E-state index is 0.163. The minimum atomic E-state index is -5.49. The summed E-state index contributed by atoms with van der Waals surface area (Å²) in [5.41, 5.74) is -5.37. The van der Waals surface area contributed by atoms with Crippen LogP contribution in [0, 0.1) is 0 Å². The Morgan fingerprint density at radius 1 is 1.00 bits per heavy atom. The highest BCUT2D eigenvalue weighted by Crippen LogP contribution is 2.30. The summed E-state index contributed by atoms with van der Waals surface area (Å²) in [6.07, 6.45) is 8.11. The molecule has 1 heterocycles. The maximum absolute atomic E-state index is 12.0. The Morgan fingerprint density at radius 3 is 2.14 bits per heavy atom. The van der Waals surface area contributed by atoms with Gasteiger partial charge in [0.15, 0.2) is 0 Å². The zero-order valence-electron chi connectivity index (χ0n) is 12.2. The van der Waals surface area contributed by atoms with Crippen molar-refractivity contribution in [2.45, 2.75) is 76.0 Å². The van der Waals surface area contributed by atoms with E-state index in [1.54, 1.807) is 0 Å². The Morgan fingerprint density at radius 2 is 1.57 bits per heavy atom. The summed E-state index contributed by atoms with van der Waals surface area (Å²) in [7, 11) is -5.49. The Bertz CT molecular complexity index is 395. The highest BCUT2D eigenvalue weighted by molar-refractivity contribution is 7.87. The molecule has 0 N–H and O–H groups in total. The molecule has 1 fully saturated rings. The predicted molar refractivity (Wildman–Crippen MR) is 72.2 cm³/mol. The second-order valence-corrected chi connectivity index (χ2v) is 6.91.